The van der Waals surface area contributed by atoms with E-state index in [-0.39, 0.29) is 17.8 Å². The van der Waals surface area contributed by atoms with Crippen LogP contribution in [0.25, 0.3) is 0 Å². The van der Waals surface area contributed by atoms with Crippen LogP contribution in [0.4, 0.5) is 0 Å². The Morgan fingerprint density at radius 1 is 1.42 bits per heavy atom. The number of carbonyl (C=O) groups is 1. The average Bonchev–Trinajstić information content (AvgIpc) is 3.12. The highest BCUT2D eigenvalue weighted by molar-refractivity contribution is 5.84. The van der Waals surface area contributed by atoms with Gasteiger partial charge in [-0.15, -0.1) is 0 Å². The number of carboxylic acid groups (broad SMARTS) is 1. The lowest BCUT2D eigenvalue weighted by Gasteiger charge is -2.08. The Labute approximate surface area is 108 Å². The first-order valence-corrected chi connectivity index (χ1v) is 5.97. The monoisotopic (exact) mass is 260 g/mol. The van der Waals surface area contributed by atoms with Crippen LogP contribution >= 0.6 is 0 Å². The smallest absolute Gasteiger partial charge is 0.356 e. The van der Waals surface area contributed by atoms with Gasteiger partial charge < -0.3 is 9.67 Å². The second kappa shape index (κ2) is 4.34. The van der Waals surface area contributed by atoms with Crippen molar-refractivity contribution in [1.82, 2.24) is 19.3 Å². The van der Waals surface area contributed by atoms with Crippen molar-refractivity contribution in [2.75, 3.05) is 0 Å². The molecule has 2 aromatic rings. The fraction of sp³-hybridized carbons (Fsp3) is 0.333. The summed E-state index contributed by atoms with van der Waals surface area (Å²) in [7, 11) is 0. The van der Waals surface area contributed by atoms with Gasteiger partial charge in [0, 0.05) is 12.1 Å². The van der Waals surface area contributed by atoms with Crippen molar-refractivity contribution in [3.8, 4) is 0 Å². The minimum atomic E-state index is -1.15. The number of imidazole rings is 1. The first-order chi connectivity index (χ1) is 9.15. The Morgan fingerprint density at radius 3 is 2.89 bits per heavy atom. The van der Waals surface area contributed by atoms with Crippen LogP contribution in [0, 0.1) is 0 Å². The summed E-state index contributed by atoms with van der Waals surface area (Å²) in [4.78, 5) is 26.6. The highest BCUT2D eigenvalue weighted by Gasteiger charge is 2.25. The topological polar surface area (TPSA) is 90.0 Å². The van der Waals surface area contributed by atoms with E-state index in [1.165, 1.54) is 12.1 Å². The first kappa shape index (κ1) is 11.6. The SMILES string of the molecule is O=C(O)c1ccc(=O)n(Cc2cncn2C2CC2)n1. The van der Waals surface area contributed by atoms with Crippen LogP contribution in [-0.4, -0.2) is 30.4 Å². The molecule has 1 N–H and O–H groups in total. The van der Waals surface area contributed by atoms with Gasteiger partial charge in [0.25, 0.3) is 5.56 Å². The second-order valence-electron chi connectivity index (χ2n) is 4.54. The predicted molar refractivity (Wildman–Crippen MR) is 65.1 cm³/mol. The standard InChI is InChI=1S/C12H12N4O3/c17-11-4-3-10(12(18)19)14-16(11)6-9-5-13-7-15(9)8-1-2-8/h3-5,7-8H,1-2,6H2,(H,18,19). The molecule has 0 unspecified atom stereocenters. The normalized spacial score (nSPS) is 14.5. The van der Waals surface area contributed by atoms with Crippen LogP contribution < -0.4 is 5.56 Å². The molecular formula is C12H12N4O3. The Balaban J connectivity index is 1.94. The van der Waals surface area contributed by atoms with Crippen molar-refractivity contribution in [3.63, 3.8) is 0 Å². The van der Waals surface area contributed by atoms with Crippen LogP contribution in [-0.2, 0) is 6.54 Å². The van der Waals surface area contributed by atoms with Crippen LogP contribution in [0.1, 0.15) is 35.1 Å². The van der Waals surface area contributed by atoms with E-state index in [1.807, 2.05) is 4.57 Å². The summed E-state index contributed by atoms with van der Waals surface area (Å²) in [6, 6.07) is 2.88. The minimum absolute atomic E-state index is 0.142. The molecule has 1 fully saturated rings. The fourth-order valence-corrected chi connectivity index (χ4v) is 1.97. The van der Waals surface area contributed by atoms with E-state index in [0.29, 0.717) is 6.04 Å². The zero-order valence-electron chi connectivity index (χ0n) is 10.1. The molecule has 0 saturated heterocycles. The van der Waals surface area contributed by atoms with Crippen molar-refractivity contribution in [2.45, 2.75) is 25.4 Å². The molecule has 2 heterocycles. The van der Waals surface area contributed by atoms with Crippen molar-refractivity contribution in [2.24, 2.45) is 0 Å². The Bertz CT molecular complexity index is 684. The highest BCUT2D eigenvalue weighted by atomic mass is 16.4. The lowest BCUT2D eigenvalue weighted by Crippen LogP contribution is -2.25. The van der Waals surface area contributed by atoms with E-state index in [1.54, 1.807) is 12.5 Å². The molecule has 3 rings (SSSR count). The predicted octanol–water partition coefficient (Wildman–Crippen LogP) is 0.521. The molecule has 19 heavy (non-hydrogen) atoms. The molecule has 1 saturated carbocycles. The molecule has 98 valence electrons. The molecule has 1 aliphatic carbocycles. The van der Waals surface area contributed by atoms with Crippen molar-refractivity contribution < 1.29 is 9.90 Å². The summed E-state index contributed by atoms with van der Waals surface area (Å²) < 4.78 is 3.17. The largest absolute Gasteiger partial charge is 0.476 e. The van der Waals surface area contributed by atoms with Gasteiger partial charge >= 0.3 is 5.97 Å². The number of nitrogens with zero attached hydrogens (tertiary/aromatic N) is 4. The van der Waals surface area contributed by atoms with Gasteiger partial charge in [0.05, 0.1) is 24.8 Å². The molecule has 1 aliphatic rings. The molecule has 0 aliphatic heterocycles. The zero-order chi connectivity index (χ0) is 13.4. The zero-order valence-corrected chi connectivity index (χ0v) is 10.1. The van der Waals surface area contributed by atoms with Gasteiger partial charge in [0.1, 0.15) is 0 Å². The molecule has 0 atom stereocenters. The van der Waals surface area contributed by atoms with Gasteiger partial charge in [-0.2, -0.15) is 5.10 Å². The third-order valence-corrected chi connectivity index (χ3v) is 3.08. The molecule has 7 nitrogen and oxygen atoms in total. The van der Waals surface area contributed by atoms with Gasteiger partial charge in [-0.1, -0.05) is 0 Å². The van der Waals surface area contributed by atoms with Crippen molar-refractivity contribution in [3.05, 3.63) is 46.4 Å². The van der Waals surface area contributed by atoms with Gasteiger partial charge in [0.15, 0.2) is 5.69 Å². The number of aromatic nitrogens is 4. The van der Waals surface area contributed by atoms with Crippen LogP contribution in [0.3, 0.4) is 0 Å². The van der Waals surface area contributed by atoms with E-state index in [0.717, 1.165) is 23.2 Å². The number of carboxylic acids is 1. The highest BCUT2D eigenvalue weighted by Crippen LogP contribution is 2.35. The molecule has 0 spiro atoms. The molecule has 0 bridgehead atoms. The summed E-state index contributed by atoms with van der Waals surface area (Å²) in [5.41, 5.74) is 0.394. The van der Waals surface area contributed by atoms with Crippen molar-refractivity contribution >= 4 is 5.97 Å². The maximum Gasteiger partial charge on any atom is 0.356 e. The van der Waals surface area contributed by atoms with Crippen LogP contribution in [0.15, 0.2) is 29.5 Å². The third-order valence-electron chi connectivity index (χ3n) is 3.08. The molecule has 2 aromatic heterocycles. The quantitative estimate of drug-likeness (QED) is 0.865. The minimum Gasteiger partial charge on any atom is -0.476 e. The molecule has 0 aromatic carbocycles. The van der Waals surface area contributed by atoms with E-state index in [4.69, 9.17) is 5.11 Å². The molecular weight excluding hydrogens is 248 g/mol. The fourth-order valence-electron chi connectivity index (χ4n) is 1.97. The molecule has 7 heteroatoms. The maximum atomic E-state index is 11.7. The van der Waals surface area contributed by atoms with Crippen LogP contribution in [0.2, 0.25) is 0 Å². The Hall–Kier alpha value is -2.44. The molecule has 0 amide bonds. The van der Waals surface area contributed by atoms with Gasteiger partial charge in [-0.25, -0.2) is 14.5 Å². The van der Waals surface area contributed by atoms with E-state index in [9.17, 15) is 9.59 Å². The summed E-state index contributed by atoms with van der Waals surface area (Å²) in [5.74, 6) is -1.15. The first-order valence-electron chi connectivity index (χ1n) is 5.97. The maximum absolute atomic E-state index is 11.7. The summed E-state index contributed by atoms with van der Waals surface area (Å²) in [6.07, 6.45) is 5.64. The Kier molecular flexibility index (Phi) is 2.66. The summed E-state index contributed by atoms with van der Waals surface area (Å²) in [5, 5.41) is 12.7. The van der Waals surface area contributed by atoms with Crippen molar-refractivity contribution in [1.29, 1.82) is 0 Å². The van der Waals surface area contributed by atoms with E-state index in [2.05, 4.69) is 10.1 Å². The second-order valence-corrected chi connectivity index (χ2v) is 4.54. The number of hydrogen-bond acceptors (Lipinski definition) is 4. The van der Waals surface area contributed by atoms with Gasteiger partial charge in [-0.3, -0.25) is 4.79 Å². The summed E-state index contributed by atoms with van der Waals surface area (Å²) >= 11 is 0. The lowest BCUT2D eigenvalue weighted by atomic mass is 10.4. The number of hydrogen-bond donors (Lipinski definition) is 1. The van der Waals surface area contributed by atoms with Gasteiger partial charge in [0.2, 0.25) is 0 Å². The molecule has 0 radical (unpaired) electrons. The number of rotatable bonds is 4. The van der Waals surface area contributed by atoms with E-state index >= 15 is 0 Å². The Morgan fingerprint density at radius 2 is 2.21 bits per heavy atom. The lowest BCUT2D eigenvalue weighted by molar-refractivity contribution is 0.0687. The average molecular weight is 260 g/mol. The van der Waals surface area contributed by atoms with E-state index < -0.39 is 5.97 Å². The number of aromatic carboxylic acids is 1. The summed E-state index contributed by atoms with van der Waals surface area (Å²) in [6.45, 7) is 0.233. The van der Waals surface area contributed by atoms with Gasteiger partial charge in [-0.05, 0) is 18.9 Å². The van der Waals surface area contributed by atoms with Crippen LogP contribution in [0.5, 0.6) is 0 Å². The third kappa shape index (κ3) is 2.26.